The number of hydrogen-bond donors (Lipinski definition) is 0. The molecule has 0 amide bonds. The Bertz CT molecular complexity index is 1420. The molecule has 2 nitrogen and oxygen atoms in total. The zero-order chi connectivity index (χ0) is 66.4. The Morgan fingerprint density at radius 1 is 0.129 bits per heavy atom. The molecular formula is C91H178N2. The lowest BCUT2D eigenvalue weighted by molar-refractivity contribution is 0.514. The van der Waals surface area contributed by atoms with Crippen molar-refractivity contribution in [2.45, 2.75) is 561 Å². The van der Waals surface area contributed by atoms with Crippen molar-refractivity contribution < 1.29 is 0 Å². The average molecular weight is 1300 g/mol. The van der Waals surface area contributed by atoms with Crippen LogP contribution in [0.3, 0.4) is 0 Å². The summed E-state index contributed by atoms with van der Waals surface area (Å²) in [4.78, 5) is 10.8. The summed E-state index contributed by atoms with van der Waals surface area (Å²) in [5.41, 5.74) is 4.52. The van der Waals surface area contributed by atoms with Gasteiger partial charge in [0.05, 0.1) is 0 Å². The number of aromatic nitrogens is 2. The highest BCUT2D eigenvalue weighted by atomic mass is 14.9. The van der Waals surface area contributed by atoms with Crippen LogP contribution in [0, 0.1) is 0 Å². The molecule has 0 bridgehead atoms. The lowest BCUT2D eigenvalue weighted by Crippen LogP contribution is -2.11. The smallest absolute Gasteiger partial charge is 0.128 e. The van der Waals surface area contributed by atoms with Crippen LogP contribution in [0.2, 0.25) is 0 Å². The fraction of sp³-hybridized carbons (Fsp3) is 0.956. The molecule has 93 heavy (non-hydrogen) atoms. The topological polar surface area (TPSA) is 25.8 Å². The van der Waals surface area contributed by atoms with Gasteiger partial charge in [0.1, 0.15) is 5.82 Å². The normalized spacial score (nSPS) is 11.8. The second-order valence-corrected chi connectivity index (χ2v) is 31.5. The first kappa shape index (κ1) is 90.1. The summed E-state index contributed by atoms with van der Waals surface area (Å²) in [5, 5.41) is 0. The molecule has 0 fully saturated rings. The molecule has 0 aliphatic heterocycles. The van der Waals surface area contributed by atoms with E-state index < -0.39 is 0 Å². The zero-order valence-electron chi connectivity index (χ0n) is 65.6. The van der Waals surface area contributed by atoms with E-state index in [1.54, 1.807) is 5.56 Å². The van der Waals surface area contributed by atoms with Crippen LogP contribution in [0.25, 0.3) is 0 Å². The average Bonchev–Trinajstić information content (AvgIpc) is 1.05. The van der Waals surface area contributed by atoms with Crippen LogP contribution in [0.5, 0.6) is 0 Å². The Morgan fingerprint density at radius 2 is 0.258 bits per heavy atom. The maximum Gasteiger partial charge on any atom is 0.128 e. The van der Waals surface area contributed by atoms with Crippen molar-refractivity contribution in [1.29, 1.82) is 0 Å². The van der Waals surface area contributed by atoms with Gasteiger partial charge in [-0.25, -0.2) is 9.97 Å². The SMILES string of the molecule is CCCCCCCCCCCCCCCCCCCCCCCCCCCCc1nc(CCC)nc(CCCCCCCCCCCCCCCCCCCCCCCCCCCC)c1CCCCCCCCCCCCCCCCCCCCCCCCCCCC. The highest BCUT2D eigenvalue weighted by Gasteiger charge is 2.15. The number of aryl methyl sites for hydroxylation is 3. The maximum atomic E-state index is 5.40. The fourth-order valence-corrected chi connectivity index (χ4v) is 15.5. The van der Waals surface area contributed by atoms with E-state index in [1.807, 2.05) is 0 Å². The van der Waals surface area contributed by atoms with Crippen molar-refractivity contribution in [1.82, 2.24) is 9.97 Å². The van der Waals surface area contributed by atoms with Crippen molar-refractivity contribution in [3.05, 3.63) is 22.8 Å². The first-order chi connectivity index (χ1) is 46.3. The van der Waals surface area contributed by atoms with Crippen molar-refractivity contribution in [3.8, 4) is 0 Å². The molecular weight excluding hydrogens is 1120 g/mol. The van der Waals surface area contributed by atoms with Crippen LogP contribution < -0.4 is 0 Å². The summed E-state index contributed by atoms with van der Waals surface area (Å²) in [6.07, 6.45) is 119. The van der Waals surface area contributed by atoms with E-state index in [1.165, 1.54) is 531 Å². The Kier molecular flexibility index (Phi) is 77.6. The summed E-state index contributed by atoms with van der Waals surface area (Å²) in [5.74, 6) is 1.15. The quantitative estimate of drug-likeness (QED) is 0.0608. The van der Waals surface area contributed by atoms with E-state index in [4.69, 9.17) is 9.97 Å². The van der Waals surface area contributed by atoms with Gasteiger partial charge in [0, 0.05) is 17.8 Å². The molecule has 1 aromatic rings. The van der Waals surface area contributed by atoms with Crippen LogP contribution in [0.1, 0.15) is 558 Å². The molecule has 1 rings (SSSR count). The predicted octanol–water partition coefficient (Wildman–Crippen LogP) is 33.5. The van der Waals surface area contributed by atoms with E-state index in [-0.39, 0.29) is 0 Å². The van der Waals surface area contributed by atoms with Gasteiger partial charge in [-0.3, -0.25) is 0 Å². The molecule has 2 heteroatoms. The van der Waals surface area contributed by atoms with Crippen LogP contribution in [0.15, 0.2) is 0 Å². The van der Waals surface area contributed by atoms with Crippen molar-refractivity contribution in [2.24, 2.45) is 0 Å². The molecule has 0 N–H and O–H groups in total. The molecule has 0 aliphatic carbocycles. The first-order valence-electron chi connectivity index (χ1n) is 45.1. The third-order valence-corrected chi connectivity index (χ3v) is 22.0. The Hall–Kier alpha value is -0.920. The zero-order valence-corrected chi connectivity index (χ0v) is 65.6. The largest absolute Gasteiger partial charge is 0.238 e. The molecule has 0 saturated carbocycles. The molecule has 552 valence electrons. The predicted molar refractivity (Wildman–Crippen MR) is 424 cm³/mol. The van der Waals surface area contributed by atoms with Gasteiger partial charge >= 0.3 is 0 Å². The van der Waals surface area contributed by atoms with E-state index in [0.29, 0.717) is 0 Å². The summed E-state index contributed by atoms with van der Waals surface area (Å²) >= 11 is 0. The van der Waals surface area contributed by atoms with E-state index in [0.717, 1.165) is 18.7 Å². The van der Waals surface area contributed by atoms with Gasteiger partial charge in [0.25, 0.3) is 0 Å². The van der Waals surface area contributed by atoms with Crippen molar-refractivity contribution in [3.63, 3.8) is 0 Å². The third-order valence-electron chi connectivity index (χ3n) is 22.0. The van der Waals surface area contributed by atoms with Crippen LogP contribution >= 0.6 is 0 Å². The van der Waals surface area contributed by atoms with Crippen molar-refractivity contribution >= 4 is 0 Å². The van der Waals surface area contributed by atoms with E-state index in [2.05, 4.69) is 27.7 Å². The third kappa shape index (κ3) is 69.4. The summed E-state index contributed by atoms with van der Waals surface area (Å²) in [6.45, 7) is 9.28. The molecule has 1 heterocycles. The molecule has 0 unspecified atom stereocenters. The first-order valence-corrected chi connectivity index (χ1v) is 45.1. The molecule has 0 spiro atoms. The highest BCUT2D eigenvalue weighted by molar-refractivity contribution is 5.27. The highest BCUT2D eigenvalue weighted by Crippen LogP contribution is 2.25. The second-order valence-electron chi connectivity index (χ2n) is 31.5. The summed E-state index contributed by atoms with van der Waals surface area (Å²) < 4.78 is 0. The van der Waals surface area contributed by atoms with E-state index >= 15 is 0 Å². The summed E-state index contributed by atoms with van der Waals surface area (Å²) in [6, 6.07) is 0. The van der Waals surface area contributed by atoms with Crippen LogP contribution in [-0.2, 0) is 25.7 Å². The van der Waals surface area contributed by atoms with Gasteiger partial charge in [0.15, 0.2) is 0 Å². The van der Waals surface area contributed by atoms with Gasteiger partial charge < -0.3 is 0 Å². The molecule has 0 radical (unpaired) electrons. The van der Waals surface area contributed by atoms with E-state index in [9.17, 15) is 0 Å². The molecule has 0 atom stereocenters. The number of unbranched alkanes of at least 4 members (excludes halogenated alkanes) is 75. The van der Waals surface area contributed by atoms with Crippen LogP contribution in [-0.4, -0.2) is 9.97 Å². The monoisotopic (exact) mass is 1300 g/mol. The molecule has 0 aromatic carbocycles. The van der Waals surface area contributed by atoms with Crippen LogP contribution in [0.4, 0.5) is 0 Å². The van der Waals surface area contributed by atoms with Gasteiger partial charge in [-0.2, -0.15) is 0 Å². The number of hydrogen-bond acceptors (Lipinski definition) is 2. The Morgan fingerprint density at radius 3 is 0.398 bits per heavy atom. The number of nitrogens with zero attached hydrogens (tertiary/aromatic N) is 2. The lowest BCUT2D eigenvalue weighted by Gasteiger charge is -2.16. The minimum atomic E-state index is 1.04. The van der Waals surface area contributed by atoms with Crippen molar-refractivity contribution in [2.75, 3.05) is 0 Å². The minimum absolute atomic E-state index is 1.04. The van der Waals surface area contributed by atoms with Gasteiger partial charge in [0.2, 0.25) is 0 Å². The van der Waals surface area contributed by atoms with Gasteiger partial charge in [-0.1, -0.05) is 509 Å². The minimum Gasteiger partial charge on any atom is -0.238 e. The molecule has 1 aromatic heterocycles. The summed E-state index contributed by atoms with van der Waals surface area (Å²) in [7, 11) is 0. The Balaban J connectivity index is 2.34. The standard InChI is InChI=1S/C91H178N2/c1-5-9-12-15-18-21-24-27-30-33-36-39-42-45-48-51-54-57-60-63-66-69-72-75-78-81-85-88-89(86-82-79-76-73-70-67-64-61-58-55-52-49-46-43-40-37-34-31-28-25-22-19-16-13-10-6-2)92-91(84-8-4)93-90(88)87-83-80-77-74-71-68-65-62-59-56-53-50-47-44-41-38-35-32-29-26-23-20-17-14-11-7-3/h5-87H2,1-4H3. The van der Waals surface area contributed by atoms with Gasteiger partial charge in [-0.15, -0.1) is 0 Å². The maximum absolute atomic E-state index is 5.40. The Labute approximate surface area is 590 Å². The lowest BCUT2D eigenvalue weighted by atomic mass is 9.96. The fourth-order valence-electron chi connectivity index (χ4n) is 15.5. The molecule has 0 saturated heterocycles. The second kappa shape index (κ2) is 80.1. The van der Waals surface area contributed by atoms with Gasteiger partial charge in [-0.05, 0) is 50.5 Å². The number of rotatable bonds is 83. The molecule has 0 aliphatic rings.